The van der Waals surface area contributed by atoms with Gasteiger partial charge in [-0.15, -0.1) is 0 Å². The molecule has 22 heavy (non-hydrogen) atoms. The number of nitrogens with zero attached hydrogens (tertiary/aromatic N) is 1. The van der Waals surface area contributed by atoms with Gasteiger partial charge in [-0.25, -0.2) is 0 Å². The molecule has 1 amide bonds. The average Bonchev–Trinajstić information content (AvgIpc) is 3.06. The lowest BCUT2D eigenvalue weighted by molar-refractivity contribution is -0.123. The number of fused-ring (bicyclic) bond motifs is 1. The van der Waals surface area contributed by atoms with Crippen LogP contribution in [0.4, 0.5) is 0 Å². The highest BCUT2D eigenvalue weighted by atomic mass is 35.5. The predicted octanol–water partition coefficient (Wildman–Crippen LogP) is 2.14. The number of pyridine rings is 1. The highest BCUT2D eigenvalue weighted by Gasteiger charge is 2.15. The molecule has 0 saturated carbocycles. The Kier molecular flexibility index (Phi) is 4.75. The number of aromatic nitrogens is 1. The molecule has 1 aromatic carbocycles. The Hall–Kier alpha value is -1.85. The van der Waals surface area contributed by atoms with Gasteiger partial charge in [-0.05, 0) is 43.7 Å². The van der Waals surface area contributed by atoms with Crippen LogP contribution in [0.1, 0.15) is 12.8 Å². The monoisotopic (exact) mass is 319 g/mol. The Morgan fingerprint density at radius 2 is 2.36 bits per heavy atom. The molecule has 0 radical (unpaired) electrons. The predicted molar refractivity (Wildman–Crippen MR) is 86.3 cm³/mol. The number of benzene rings is 1. The summed E-state index contributed by atoms with van der Waals surface area (Å²) in [5.41, 5.74) is 0.667. The topological polar surface area (TPSA) is 63.2 Å². The van der Waals surface area contributed by atoms with Gasteiger partial charge in [0.05, 0.1) is 5.02 Å². The third-order valence-corrected chi connectivity index (χ3v) is 4.08. The molecule has 0 spiro atoms. The normalized spacial score (nSPS) is 17.6. The number of halogens is 1. The Bertz CT molecular complexity index is 671. The van der Waals surface area contributed by atoms with Crippen molar-refractivity contribution in [3.63, 3.8) is 0 Å². The summed E-state index contributed by atoms with van der Waals surface area (Å²) >= 11 is 6.13. The van der Waals surface area contributed by atoms with Gasteiger partial charge in [0.2, 0.25) is 0 Å². The molecule has 2 aromatic rings. The van der Waals surface area contributed by atoms with E-state index in [-0.39, 0.29) is 12.5 Å². The summed E-state index contributed by atoms with van der Waals surface area (Å²) in [4.78, 5) is 16.1. The van der Waals surface area contributed by atoms with Crippen LogP contribution in [0.5, 0.6) is 5.75 Å². The van der Waals surface area contributed by atoms with E-state index in [0.717, 1.165) is 18.4 Å². The van der Waals surface area contributed by atoms with Gasteiger partial charge < -0.3 is 15.4 Å². The number of nitrogens with one attached hydrogen (secondary N) is 2. The molecule has 116 valence electrons. The lowest BCUT2D eigenvalue weighted by Crippen LogP contribution is -2.39. The fourth-order valence-electron chi connectivity index (χ4n) is 2.59. The molecule has 2 heterocycles. The first-order valence-electron chi connectivity index (χ1n) is 7.40. The Morgan fingerprint density at radius 1 is 1.45 bits per heavy atom. The second kappa shape index (κ2) is 6.94. The molecule has 0 bridgehead atoms. The highest BCUT2D eigenvalue weighted by molar-refractivity contribution is 6.35. The maximum absolute atomic E-state index is 11.9. The van der Waals surface area contributed by atoms with Crippen molar-refractivity contribution in [3.8, 4) is 5.75 Å². The third-order valence-electron chi connectivity index (χ3n) is 3.75. The van der Waals surface area contributed by atoms with Crippen molar-refractivity contribution in [2.45, 2.75) is 18.9 Å². The average molecular weight is 320 g/mol. The van der Waals surface area contributed by atoms with E-state index in [2.05, 4.69) is 15.6 Å². The van der Waals surface area contributed by atoms with Gasteiger partial charge in [0.15, 0.2) is 6.61 Å². The van der Waals surface area contributed by atoms with Gasteiger partial charge in [0.1, 0.15) is 11.3 Å². The van der Waals surface area contributed by atoms with Crippen LogP contribution in [0.3, 0.4) is 0 Å². The van der Waals surface area contributed by atoms with Crippen LogP contribution < -0.4 is 15.4 Å². The summed E-state index contributed by atoms with van der Waals surface area (Å²) in [6.07, 6.45) is 3.95. The summed E-state index contributed by atoms with van der Waals surface area (Å²) in [6, 6.07) is 7.56. The number of amides is 1. The van der Waals surface area contributed by atoms with E-state index in [9.17, 15) is 4.79 Å². The molecular formula is C16H18ClN3O2. The SMILES string of the molecule is O=C(COc1ccc(Cl)c2cccnc12)NCC1CCCN1. The van der Waals surface area contributed by atoms with Crippen molar-refractivity contribution in [2.75, 3.05) is 19.7 Å². The van der Waals surface area contributed by atoms with Gasteiger partial charge in [0.25, 0.3) is 5.91 Å². The fourth-order valence-corrected chi connectivity index (χ4v) is 2.81. The van der Waals surface area contributed by atoms with Crippen LogP contribution >= 0.6 is 11.6 Å². The fraction of sp³-hybridized carbons (Fsp3) is 0.375. The standard InChI is InChI=1S/C16H18ClN3O2/c17-13-5-6-14(16-12(13)4-2-8-19-16)22-10-15(21)20-9-11-3-1-7-18-11/h2,4-6,8,11,18H,1,3,7,9-10H2,(H,20,21). The molecule has 0 aliphatic carbocycles. The zero-order valence-corrected chi connectivity index (χ0v) is 12.9. The summed E-state index contributed by atoms with van der Waals surface area (Å²) in [6.45, 7) is 1.64. The first kappa shape index (κ1) is 15.1. The molecule has 3 rings (SSSR count). The van der Waals surface area contributed by atoms with E-state index in [1.807, 2.05) is 12.1 Å². The van der Waals surface area contributed by atoms with Crippen LogP contribution in [0.25, 0.3) is 10.9 Å². The molecule has 2 N–H and O–H groups in total. The van der Waals surface area contributed by atoms with Gasteiger partial charge in [0, 0.05) is 24.2 Å². The largest absolute Gasteiger partial charge is 0.481 e. The van der Waals surface area contributed by atoms with E-state index in [4.69, 9.17) is 16.3 Å². The molecular weight excluding hydrogens is 302 g/mol. The third kappa shape index (κ3) is 3.48. The number of carbonyl (C=O) groups is 1. The van der Waals surface area contributed by atoms with Gasteiger partial charge in [-0.3, -0.25) is 9.78 Å². The second-order valence-electron chi connectivity index (χ2n) is 5.33. The second-order valence-corrected chi connectivity index (χ2v) is 5.74. The lowest BCUT2D eigenvalue weighted by atomic mass is 10.2. The molecule has 1 aliphatic rings. The van der Waals surface area contributed by atoms with Crippen molar-refractivity contribution in [1.29, 1.82) is 0 Å². The molecule has 1 fully saturated rings. The van der Waals surface area contributed by atoms with Crippen molar-refractivity contribution in [3.05, 3.63) is 35.5 Å². The molecule has 5 nitrogen and oxygen atoms in total. The lowest BCUT2D eigenvalue weighted by Gasteiger charge is -2.12. The zero-order chi connectivity index (χ0) is 15.4. The van der Waals surface area contributed by atoms with Crippen LogP contribution in [0, 0.1) is 0 Å². The Balaban J connectivity index is 1.59. The van der Waals surface area contributed by atoms with E-state index in [1.165, 1.54) is 6.42 Å². The summed E-state index contributed by atoms with van der Waals surface area (Å²) in [5, 5.41) is 7.65. The minimum Gasteiger partial charge on any atom is -0.481 e. The van der Waals surface area contributed by atoms with Gasteiger partial charge in [-0.1, -0.05) is 11.6 Å². The minimum atomic E-state index is -0.132. The van der Waals surface area contributed by atoms with Crippen molar-refractivity contribution < 1.29 is 9.53 Å². The van der Waals surface area contributed by atoms with E-state index >= 15 is 0 Å². The number of rotatable bonds is 5. The first-order chi connectivity index (χ1) is 10.7. The molecule has 1 unspecified atom stereocenters. The van der Waals surface area contributed by atoms with Crippen molar-refractivity contribution >= 4 is 28.4 Å². The molecule has 1 aliphatic heterocycles. The van der Waals surface area contributed by atoms with E-state index in [1.54, 1.807) is 18.3 Å². The van der Waals surface area contributed by atoms with Gasteiger partial charge in [-0.2, -0.15) is 0 Å². The van der Waals surface area contributed by atoms with Crippen LogP contribution in [-0.2, 0) is 4.79 Å². The number of hydrogen-bond acceptors (Lipinski definition) is 4. The van der Waals surface area contributed by atoms with E-state index < -0.39 is 0 Å². The smallest absolute Gasteiger partial charge is 0.257 e. The summed E-state index contributed by atoms with van der Waals surface area (Å²) < 4.78 is 5.60. The molecule has 1 saturated heterocycles. The Labute approximate surface area is 134 Å². The van der Waals surface area contributed by atoms with Crippen LogP contribution in [0.2, 0.25) is 5.02 Å². The maximum Gasteiger partial charge on any atom is 0.257 e. The maximum atomic E-state index is 11.9. The van der Waals surface area contributed by atoms with E-state index in [0.29, 0.717) is 28.9 Å². The number of hydrogen-bond donors (Lipinski definition) is 2. The van der Waals surface area contributed by atoms with Crippen molar-refractivity contribution in [1.82, 2.24) is 15.6 Å². The molecule has 6 heteroatoms. The first-order valence-corrected chi connectivity index (χ1v) is 7.78. The Morgan fingerprint density at radius 3 is 3.18 bits per heavy atom. The number of carbonyl (C=O) groups excluding carboxylic acids is 1. The summed E-state index contributed by atoms with van der Waals surface area (Å²) in [5.74, 6) is 0.432. The van der Waals surface area contributed by atoms with Gasteiger partial charge >= 0.3 is 0 Å². The quantitative estimate of drug-likeness (QED) is 0.886. The summed E-state index contributed by atoms with van der Waals surface area (Å²) in [7, 11) is 0. The highest BCUT2D eigenvalue weighted by Crippen LogP contribution is 2.29. The zero-order valence-electron chi connectivity index (χ0n) is 12.1. The minimum absolute atomic E-state index is 0.0278. The molecule has 1 aromatic heterocycles. The van der Waals surface area contributed by atoms with Crippen LogP contribution in [0.15, 0.2) is 30.5 Å². The van der Waals surface area contributed by atoms with Crippen LogP contribution in [-0.4, -0.2) is 36.6 Å². The van der Waals surface area contributed by atoms with Crippen molar-refractivity contribution in [2.24, 2.45) is 0 Å². The number of ether oxygens (including phenoxy) is 1. The molecule has 1 atom stereocenters.